The van der Waals surface area contributed by atoms with Crippen LogP contribution in [0, 0.1) is 23.2 Å². The Labute approximate surface area is 137 Å². The fourth-order valence-electron chi connectivity index (χ4n) is 5.92. The average molecular weight is 333 g/mol. The molecule has 1 aromatic rings. The van der Waals surface area contributed by atoms with E-state index in [4.69, 9.17) is 0 Å². The average Bonchev–Trinajstić information content (AvgIpc) is 2.46. The highest BCUT2D eigenvalue weighted by atomic mass is 32.2. The molecule has 4 saturated carbocycles. The molecule has 4 aliphatic carbocycles. The number of pyridine rings is 1. The summed E-state index contributed by atoms with van der Waals surface area (Å²) in [5.41, 5.74) is 0.230. The summed E-state index contributed by atoms with van der Waals surface area (Å²) in [5.74, 6) is 1.77. The zero-order chi connectivity index (χ0) is 16.1. The smallest absolute Gasteiger partial charge is 0.166 e. The lowest BCUT2D eigenvalue weighted by molar-refractivity contribution is -0.115. The third-order valence-electron chi connectivity index (χ3n) is 6.27. The second kappa shape index (κ2) is 5.40. The zero-order valence-corrected chi connectivity index (χ0v) is 14.0. The van der Waals surface area contributed by atoms with Crippen LogP contribution < -0.4 is 0 Å². The van der Waals surface area contributed by atoms with Gasteiger partial charge in [-0.05, 0) is 73.8 Å². The lowest BCUT2D eigenvalue weighted by atomic mass is 9.49. The molecule has 4 bridgehead atoms. The van der Waals surface area contributed by atoms with Gasteiger partial charge in [-0.15, -0.1) is 0 Å². The van der Waals surface area contributed by atoms with E-state index < -0.39 is 15.1 Å². The van der Waals surface area contributed by atoms with Crippen LogP contribution in [0.15, 0.2) is 24.4 Å². The van der Waals surface area contributed by atoms with Crippen molar-refractivity contribution in [1.82, 2.24) is 4.98 Å². The molecular formula is C18H23NO3S. The minimum absolute atomic E-state index is 0.126. The largest absolute Gasteiger partial charge is 0.302 e. The molecule has 4 aliphatic rings. The number of hydrogen-bond donors (Lipinski definition) is 0. The van der Waals surface area contributed by atoms with Crippen molar-refractivity contribution in [3.63, 3.8) is 0 Å². The van der Waals surface area contributed by atoms with Gasteiger partial charge in [-0.1, -0.05) is 6.07 Å². The fourth-order valence-corrected chi connectivity index (χ4v) is 7.90. The molecule has 0 spiro atoms. The molecule has 0 N–H and O–H groups in total. The number of rotatable bonds is 5. The number of carbonyl (C=O) groups is 1. The van der Waals surface area contributed by atoms with Gasteiger partial charge in [-0.25, -0.2) is 8.42 Å². The lowest BCUT2D eigenvalue weighted by Gasteiger charge is -2.58. The molecule has 5 heteroatoms. The fraction of sp³-hybridized carbons (Fsp3) is 0.667. The standard InChI is InChI=1S/C18H23NO3S/c20-11-17(23(21,22)12-16-3-1-2-4-19-16)18-8-13-5-14(9-18)7-15(6-13)10-18/h1-4,11,13-15,17H,5-10,12H2. The number of hydrogen-bond acceptors (Lipinski definition) is 4. The first-order chi connectivity index (χ1) is 11.0. The van der Waals surface area contributed by atoms with Crippen molar-refractivity contribution in [1.29, 1.82) is 0 Å². The Kier molecular flexibility index (Phi) is 3.59. The zero-order valence-electron chi connectivity index (χ0n) is 13.2. The number of sulfone groups is 1. The second-order valence-electron chi connectivity index (χ2n) is 7.96. The Morgan fingerprint density at radius 3 is 2.22 bits per heavy atom. The molecule has 1 aromatic heterocycles. The summed E-state index contributed by atoms with van der Waals surface area (Å²) in [6, 6.07) is 5.28. The second-order valence-corrected chi connectivity index (χ2v) is 10.1. The Morgan fingerprint density at radius 1 is 1.13 bits per heavy atom. The SMILES string of the molecule is O=CC(C12CC3CC(CC(C3)C1)C2)S(=O)(=O)Cc1ccccn1. The van der Waals surface area contributed by atoms with Crippen molar-refractivity contribution < 1.29 is 13.2 Å². The van der Waals surface area contributed by atoms with Gasteiger partial charge in [-0.3, -0.25) is 4.98 Å². The van der Waals surface area contributed by atoms with E-state index >= 15 is 0 Å². The highest BCUT2D eigenvalue weighted by Crippen LogP contribution is 2.62. The van der Waals surface area contributed by atoms with Crippen LogP contribution >= 0.6 is 0 Å². The van der Waals surface area contributed by atoms with E-state index in [-0.39, 0.29) is 11.2 Å². The van der Waals surface area contributed by atoms with Gasteiger partial charge in [0.05, 0.1) is 11.4 Å². The normalized spacial score (nSPS) is 36.8. The molecular weight excluding hydrogens is 310 g/mol. The topological polar surface area (TPSA) is 64.1 Å². The van der Waals surface area contributed by atoms with Crippen LogP contribution in [0.1, 0.15) is 44.2 Å². The van der Waals surface area contributed by atoms with E-state index in [2.05, 4.69) is 4.98 Å². The predicted molar refractivity (Wildman–Crippen MR) is 87.3 cm³/mol. The van der Waals surface area contributed by atoms with Crippen LogP contribution in [0.25, 0.3) is 0 Å². The van der Waals surface area contributed by atoms with Crippen LogP contribution in [0.5, 0.6) is 0 Å². The molecule has 4 fully saturated rings. The Bertz CT molecular complexity index is 663. The summed E-state index contributed by atoms with van der Waals surface area (Å²) in [7, 11) is -3.52. The quantitative estimate of drug-likeness (QED) is 0.777. The highest BCUT2D eigenvalue weighted by molar-refractivity contribution is 7.91. The summed E-state index contributed by atoms with van der Waals surface area (Å²) >= 11 is 0. The van der Waals surface area contributed by atoms with Gasteiger partial charge >= 0.3 is 0 Å². The first-order valence-electron chi connectivity index (χ1n) is 8.57. The van der Waals surface area contributed by atoms with Crippen molar-refractivity contribution >= 4 is 16.1 Å². The molecule has 4 nitrogen and oxygen atoms in total. The molecule has 124 valence electrons. The molecule has 0 radical (unpaired) electrons. The molecule has 0 saturated heterocycles. The van der Waals surface area contributed by atoms with Gasteiger partial charge in [0.25, 0.3) is 0 Å². The first kappa shape index (κ1) is 15.3. The molecule has 0 amide bonds. The van der Waals surface area contributed by atoms with Crippen LogP contribution in [0.2, 0.25) is 0 Å². The number of aromatic nitrogens is 1. The number of carbonyl (C=O) groups excluding carboxylic acids is 1. The van der Waals surface area contributed by atoms with E-state index in [1.807, 2.05) is 0 Å². The van der Waals surface area contributed by atoms with E-state index in [1.54, 1.807) is 24.4 Å². The van der Waals surface area contributed by atoms with Gasteiger partial charge in [0.1, 0.15) is 11.5 Å². The van der Waals surface area contributed by atoms with Gasteiger partial charge in [0, 0.05) is 6.20 Å². The van der Waals surface area contributed by atoms with Crippen LogP contribution in [-0.4, -0.2) is 24.9 Å². The first-order valence-corrected chi connectivity index (χ1v) is 10.3. The van der Waals surface area contributed by atoms with Crippen molar-refractivity contribution in [2.24, 2.45) is 23.2 Å². The molecule has 0 aromatic carbocycles. The van der Waals surface area contributed by atoms with Crippen molar-refractivity contribution in [3.05, 3.63) is 30.1 Å². The molecule has 1 atom stereocenters. The van der Waals surface area contributed by atoms with E-state index in [0.29, 0.717) is 23.4 Å². The van der Waals surface area contributed by atoms with E-state index in [1.165, 1.54) is 19.3 Å². The molecule has 5 rings (SSSR count). The van der Waals surface area contributed by atoms with Crippen molar-refractivity contribution in [3.8, 4) is 0 Å². The summed E-state index contributed by atoms with van der Waals surface area (Å²) in [4.78, 5) is 16.0. The third kappa shape index (κ3) is 2.63. The highest BCUT2D eigenvalue weighted by Gasteiger charge is 2.57. The molecule has 23 heavy (non-hydrogen) atoms. The maximum atomic E-state index is 13.0. The molecule has 1 unspecified atom stereocenters. The number of aldehydes is 1. The lowest BCUT2D eigenvalue weighted by Crippen LogP contribution is -2.54. The Balaban J connectivity index is 1.64. The van der Waals surface area contributed by atoms with Gasteiger partial charge in [0.15, 0.2) is 9.84 Å². The summed E-state index contributed by atoms with van der Waals surface area (Å²) in [6.45, 7) is 0. The summed E-state index contributed by atoms with van der Waals surface area (Å²) < 4.78 is 26.0. The van der Waals surface area contributed by atoms with Crippen LogP contribution in [0.4, 0.5) is 0 Å². The third-order valence-corrected chi connectivity index (χ3v) is 8.36. The minimum Gasteiger partial charge on any atom is -0.302 e. The minimum atomic E-state index is -3.52. The molecule has 0 aliphatic heterocycles. The monoisotopic (exact) mass is 333 g/mol. The van der Waals surface area contributed by atoms with Crippen LogP contribution in [-0.2, 0) is 20.4 Å². The van der Waals surface area contributed by atoms with E-state index in [9.17, 15) is 13.2 Å². The van der Waals surface area contributed by atoms with Crippen molar-refractivity contribution in [2.75, 3.05) is 0 Å². The Hall–Kier alpha value is -1.23. The van der Waals surface area contributed by atoms with Crippen LogP contribution in [0.3, 0.4) is 0 Å². The van der Waals surface area contributed by atoms with Gasteiger partial charge in [0.2, 0.25) is 0 Å². The summed E-state index contributed by atoms with van der Waals surface area (Å²) in [6.07, 6.45) is 8.82. The maximum absolute atomic E-state index is 13.0. The number of nitrogens with zero attached hydrogens (tertiary/aromatic N) is 1. The van der Waals surface area contributed by atoms with Gasteiger partial charge in [-0.2, -0.15) is 0 Å². The Morgan fingerprint density at radius 2 is 1.74 bits per heavy atom. The van der Waals surface area contributed by atoms with Gasteiger partial charge < -0.3 is 4.79 Å². The molecule has 1 heterocycles. The predicted octanol–water partition coefficient (Wildman–Crippen LogP) is 2.78. The summed E-state index contributed by atoms with van der Waals surface area (Å²) in [5, 5.41) is -0.856. The van der Waals surface area contributed by atoms with Crippen molar-refractivity contribution in [2.45, 2.75) is 49.5 Å². The maximum Gasteiger partial charge on any atom is 0.166 e. The van der Waals surface area contributed by atoms with E-state index in [0.717, 1.165) is 25.5 Å².